The highest BCUT2D eigenvalue weighted by molar-refractivity contribution is 5.79. The Morgan fingerprint density at radius 1 is 1.19 bits per heavy atom. The molecule has 0 fully saturated rings. The van der Waals surface area contributed by atoms with Gasteiger partial charge in [-0.2, -0.15) is 0 Å². The van der Waals surface area contributed by atoms with Gasteiger partial charge in [0, 0.05) is 12.3 Å². The van der Waals surface area contributed by atoms with Crippen LogP contribution in [-0.2, 0) is 12.8 Å². The number of methoxy groups -OCH3 is 1. The van der Waals surface area contributed by atoms with Crippen molar-refractivity contribution < 1.29 is 4.74 Å². The predicted molar refractivity (Wildman–Crippen MR) is 64.8 cm³/mol. The zero-order valence-corrected chi connectivity index (χ0v) is 9.95. The van der Waals surface area contributed by atoms with E-state index >= 15 is 0 Å². The van der Waals surface area contributed by atoms with E-state index in [1.54, 1.807) is 7.11 Å². The lowest BCUT2D eigenvalue weighted by molar-refractivity contribution is 0.399. The van der Waals surface area contributed by atoms with Gasteiger partial charge in [-0.1, -0.05) is 13.8 Å². The zero-order chi connectivity index (χ0) is 11.5. The van der Waals surface area contributed by atoms with Crippen LogP contribution in [0.15, 0.2) is 18.3 Å². The molecule has 16 heavy (non-hydrogen) atoms. The second-order valence-corrected chi connectivity index (χ2v) is 3.69. The fourth-order valence-corrected chi connectivity index (χ4v) is 1.95. The summed E-state index contributed by atoms with van der Waals surface area (Å²) in [6.45, 7) is 4.29. The first kappa shape index (κ1) is 10.9. The first-order chi connectivity index (χ1) is 7.80. The van der Waals surface area contributed by atoms with Crippen LogP contribution in [0.25, 0.3) is 11.0 Å². The molecule has 3 nitrogen and oxygen atoms in total. The van der Waals surface area contributed by atoms with E-state index in [4.69, 9.17) is 4.74 Å². The molecule has 3 heteroatoms. The van der Waals surface area contributed by atoms with E-state index in [1.165, 1.54) is 11.1 Å². The number of nitrogens with zero attached hydrogens (tertiary/aromatic N) is 2. The van der Waals surface area contributed by atoms with Crippen molar-refractivity contribution in [3.63, 3.8) is 0 Å². The average Bonchev–Trinajstić information content (AvgIpc) is 2.36. The Hall–Kier alpha value is -1.64. The van der Waals surface area contributed by atoms with Crippen LogP contribution >= 0.6 is 0 Å². The Labute approximate surface area is 95.5 Å². The quantitative estimate of drug-likeness (QED) is 0.791. The summed E-state index contributed by atoms with van der Waals surface area (Å²) in [6.07, 6.45) is 3.92. The Kier molecular flexibility index (Phi) is 3.04. The molecular weight excluding hydrogens is 200 g/mol. The third-order valence-corrected chi connectivity index (χ3v) is 2.82. The lowest BCUT2D eigenvalue weighted by Gasteiger charge is -2.09. The van der Waals surface area contributed by atoms with Gasteiger partial charge in [-0.25, -0.2) is 4.98 Å². The molecule has 2 rings (SSSR count). The Balaban J connectivity index is 2.73. The molecule has 0 aliphatic carbocycles. The van der Waals surface area contributed by atoms with Crippen molar-refractivity contribution in [2.24, 2.45) is 0 Å². The number of pyridine rings is 2. The Morgan fingerprint density at radius 3 is 2.62 bits per heavy atom. The lowest BCUT2D eigenvalue weighted by atomic mass is 10.0. The molecule has 0 radical (unpaired) electrons. The minimum Gasteiger partial charge on any atom is -0.481 e. The Morgan fingerprint density at radius 2 is 2.00 bits per heavy atom. The van der Waals surface area contributed by atoms with Gasteiger partial charge in [-0.3, -0.25) is 4.98 Å². The van der Waals surface area contributed by atoms with Crippen molar-refractivity contribution in [1.82, 2.24) is 9.97 Å². The van der Waals surface area contributed by atoms with E-state index < -0.39 is 0 Å². The maximum atomic E-state index is 5.16. The number of aryl methyl sites for hydroxylation is 2. The fraction of sp³-hybridized carbons (Fsp3) is 0.385. The van der Waals surface area contributed by atoms with Gasteiger partial charge in [0.05, 0.1) is 18.1 Å². The van der Waals surface area contributed by atoms with E-state index in [1.807, 2.05) is 18.3 Å². The standard InChI is InChI=1S/C13H16N2O/c1-4-9-8-14-11-6-7-12(16-3)15-13(11)10(9)5-2/h6-8H,4-5H2,1-3H3. The second kappa shape index (κ2) is 4.47. The van der Waals surface area contributed by atoms with E-state index in [0.29, 0.717) is 5.88 Å². The summed E-state index contributed by atoms with van der Waals surface area (Å²) >= 11 is 0. The highest BCUT2D eigenvalue weighted by atomic mass is 16.5. The molecule has 0 atom stereocenters. The summed E-state index contributed by atoms with van der Waals surface area (Å²) in [5, 5.41) is 0. The molecule has 2 aromatic heterocycles. The van der Waals surface area contributed by atoms with Crippen LogP contribution in [0, 0.1) is 0 Å². The van der Waals surface area contributed by atoms with Gasteiger partial charge in [0.2, 0.25) is 5.88 Å². The van der Waals surface area contributed by atoms with Gasteiger partial charge < -0.3 is 4.74 Å². The van der Waals surface area contributed by atoms with Gasteiger partial charge in [-0.15, -0.1) is 0 Å². The molecular formula is C13H16N2O. The number of hydrogen-bond acceptors (Lipinski definition) is 3. The molecule has 0 saturated heterocycles. The highest BCUT2D eigenvalue weighted by Crippen LogP contribution is 2.22. The van der Waals surface area contributed by atoms with Crippen LogP contribution in [0.4, 0.5) is 0 Å². The highest BCUT2D eigenvalue weighted by Gasteiger charge is 2.08. The third-order valence-electron chi connectivity index (χ3n) is 2.82. The topological polar surface area (TPSA) is 35.0 Å². The van der Waals surface area contributed by atoms with E-state index in [2.05, 4.69) is 23.8 Å². The molecule has 0 amide bonds. The largest absolute Gasteiger partial charge is 0.481 e. The molecule has 0 bridgehead atoms. The molecule has 0 aromatic carbocycles. The van der Waals surface area contributed by atoms with Crippen molar-refractivity contribution in [3.05, 3.63) is 29.5 Å². The van der Waals surface area contributed by atoms with Crippen LogP contribution in [0.3, 0.4) is 0 Å². The number of aromatic nitrogens is 2. The molecule has 0 N–H and O–H groups in total. The van der Waals surface area contributed by atoms with Crippen LogP contribution in [-0.4, -0.2) is 17.1 Å². The van der Waals surface area contributed by atoms with Crippen LogP contribution in [0.2, 0.25) is 0 Å². The monoisotopic (exact) mass is 216 g/mol. The minimum absolute atomic E-state index is 0.650. The molecule has 0 aliphatic rings. The molecule has 0 saturated carbocycles. The maximum absolute atomic E-state index is 5.16. The lowest BCUT2D eigenvalue weighted by Crippen LogP contribution is -1.98. The number of ether oxygens (including phenoxy) is 1. The average molecular weight is 216 g/mol. The van der Waals surface area contributed by atoms with Gasteiger partial charge in [0.25, 0.3) is 0 Å². The van der Waals surface area contributed by atoms with Crippen molar-refractivity contribution in [1.29, 1.82) is 0 Å². The summed E-state index contributed by atoms with van der Waals surface area (Å²) < 4.78 is 5.16. The van der Waals surface area contributed by atoms with Crippen LogP contribution in [0.1, 0.15) is 25.0 Å². The van der Waals surface area contributed by atoms with Crippen LogP contribution in [0.5, 0.6) is 5.88 Å². The van der Waals surface area contributed by atoms with Gasteiger partial charge in [0.15, 0.2) is 0 Å². The van der Waals surface area contributed by atoms with Gasteiger partial charge in [0.1, 0.15) is 0 Å². The molecule has 2 aromatic rings. The van der Waals surface area contributed by atoms with Crippen molar-refractivity contribution >= 4 is 11.0 Å². The fourth-order valence-electron chi connectivity index (χ4n) is 1.95. The molecule has 0 aliphatic heterocycles. The summed E-state index contributed by atoms with van der Waals surface area (Å²) in [7, 11) is 1.64. The van der Waals surface area contributed by atoms with Gasteiger partial charge >= 0.3 is 0 Å². The first-order valence-electron chi connectivity index (χ1n) is 5.61. The zero-order valence-electron chi connectivity index (χ0n) is 9.95. The normalized spacial score (nSPS) is 10.7. The van der Waals surface area contributed by atoms with E-state index in [-0.39, 0.29) is 0 Å². The van der Waals surface area contributed by atoms with E-state index in [9.17, 15) is 0 Å². The smallest absolute Gasteiger partial charge is 0.213 e. The second-order valence-electron chi connectivity index (χ2n) is 3.69. The molecule has 0 unspecified atom stereocenters. The summed E-state index contributed by atoms with van der Waals surface area (Å²) in [4.78, 5) is 8.91. The van der Waals surface area contributed by atoms with Crippen LogP contribution < -0.4 is 4.74 Å². The van der Waals surface area contributed by atoms with E-state index in [0.717, 1.165) is 23.9 Å². The minimum atomic E-state index is 0.650. The third kappa shape index (κ3) is 1.73. The van der Waals surface area contributed by atoms with Gasteiger partial charge in [-0.05, 0) is 30.0 Å². The predicted octanol–water partition coefficient (Wildman–Crippen LogP) is 2.76. The summed E-state index contributed by atoms with van der Waals surface area (Å²) in [6, 6.07) is 3.81. The molecule has 84 valence electrons. The first-order valence-corrected chi connectivity index (χ1v) is 5.61. The molecule has 2 heterocycles. The Bertz CT molecular complexity index is 503. The summed E-state index contributed by atoms with van der Waals surface area (Å²) in [5.74, 6) is 0.650. The molecule has 0 spiro atoms. The summed E-state index contributed by atoms with van der Waals surface area (Å²) in [5.41, 5.74) is 4.47. The van der Waals surface area contributed by atoms with Crippen molar-refractivity contribution in [2.75, 3.05) is 7.11 Å². The number of hydrogen-bond donors (Lipinski definition) is 0. The number of rotatable bonds is 3. The van der Waals surface area contributed by atoms with Crippen molar-refractivity contribution in [2.45, 2.75) is 26.7 Å². The number of fused-ring (bicyclic) bond motifs is 1. The maximum Gasteiger partial charge on any atom is 0.213 e. The van der Waals surface area contributed by atoms with Crippen molar-refractivity contribution in [3.8, 4) is 5.88 Å². The SMILES string of the molecule is CCc1cnc2ccc(OC)nc2c1CC.